The van der Waals surface area contributed by atoms with Crippen LogP contribution in [0.15, 0.2) is 29.3 Å². The van der Waals surface area contributed by atoms with Crippen molar-refractivity contribution >= 4 is 16.1 Å². The fourth-order valence-corrected chi connectivity index (χ4v) is 3.01. The van der Waals surface area contributed by atoms with E-state index in [1.165, 1.54) is 4.68 Å². The van der Waals surface area contributed by atoms with E-state index in [4.69, 9.17) is 11.6 Å². The second kappa shape index (κ2) is 6.71. The summed E-state index contributed by atoms with van der Waals surface area (Å²) in [6, 6.07) is 5.17. The highest BCUT2D eigenvalue weighted by molar-refractivity contribution is 7.85. The Balaban J connectivity index is 0.000000235. The molecule has 0 amide bonds. The minimum Gasteiger partial charge on any atom is -0.744 e. The second-order valence-electron chi connectivity index (χ2n) is 5.00. The molecule has 22 heavy (non-hydrogen) atoms. The first-order chi connectivity index (χ1) is 10.0. The molecule has 0 fully saturated rings. The monoisotopic (exact) mass is 324 g/mol. The van der Waals surface area contributed by atoms with Gasteiger partial charge in [0, 0.05) is 6.07 Å². The first-order valence-corrected chi connectivity index (χ1v) is 7.86. The van der Waals surface area contributed by atoms with Crippen LogP contribution in [0, 0.1) is 27.7 Å². The summed E-state index contributed by atoms with van der Waals surface area (Å²) in [5, 5.41) is 0. The molecule has 0 spiro atoms. The maximum absolute atomic E-state index is 10.8. The number of nitrogens with two attached hydrogens (primary N) is 2. The van der Waals surface area contributed by atoms with Crippen LogP contribution in [0.2, 0.25) is 0 Å². The van der Waals surface area contributed by atoms with Crippen molar-refractivity contribution in [1.82, 2.24) is 4.98 Å². The lowest BCUT2D eigenvalue weighted by Crippen LogP contribution is -2.50. The fraction of sp³-hybridized carbons (Fsp3) is 0.286. The Hall–Kier alpha value is -2.19. The van der Waals surface area contributed by atoms with Crippen LogP contribution in [0.3, 0.4) is 0 Å². The van der Waals surface area contributed by atoms with E-state index in [9.17, 15) is 13.0 Å². The lowest BCUT2D eigenvalue weighted by atomic mass is 10.1. The Morgan fingerprint density at radius 3 is 2.00 bits per heavy atom. The standard InChI is InChI=1S/C9H12O3S.C5H8N4/c1-6-4-7(2)9(8(3)5-6)13(10,11)12;1-4-2-3-8-5(6)9(4)7/h4-5H,1-3H3,(H,10,11,12);2-3,6H,7H2,1H3. The molecule has 0 saturated carbocycles. The van der Waals surface area contributed by atoms with E-state index in [-0.39, 0.29) is 4.90 Å². The number of aromatic nitrogens is 2. The van der Waals surface area contributed by atoms with E-state index in [1.807, 2.05) is 13.8 Å². The molecular formula is C14H20N4O3S. The number of nitrogens with zero attached hydrogens (tertiary/aromatic N) is 2. The number of benzene rings is 1. The van der Waals surface area contributed by atoms with Crippen LogP contribution < -0.4 is 16.3 Å². The topological polar surface area (TPSA) is 126 Å². The maximum atomic E-state index is 10.8. The Morgan fingerprint density at radius 1 is 1.14 bits per heavy atom. The summed E-state index contributed by atoms with van der Waals surface area (Å²) in [4.78, 5) is 3.67. The van der Waals surface area contributed by atoms with E-state index in [0.717, 1.165) is 11.3 Å². The molecule has 2 aromatic rings. The third-order valence-electron chi connectivity index (χ3n) is 3.00. The van der Waals surface area contributed by atoms with Gasteiger partial charge in [0.05, 0.1) is 4.90 Å². The zero-order valence-corrected chi connectivity index (χ0v) is 13.8. The molecule has 2 rings (SSSR count). The van der Waals surface area contributed by atoms with Gasteiger partial charge in [0.15, 0.2) is 0 Å². The number of rotatable bonds is 1. The molecule has 8 heteroatoms. The predicted molar refractivity (Wildman–Crippen MR) is 82.3 cm³/mol. The molecule has 0 radical (unpaired) electrons. The Labute approximate surface area is 130 Å². The molecule has 0 aliphatic carbocycles. The maximum Gasteiger partial charge on any atom is 0.411 e. The fourth-order valence-electron chi connectivity index (χ4n) is 2.11. The molecule has 1 heterocycles. The van der Waals surface area contributed by atoms with E-state index in [2.05, 4.69) is 4.98 Å². The van der Waals surface area contributed by atoms with Crippen molar-refractivity contribution in [3.63, 3.8) is 0 Å². The number of nitrogen functional groups attached to an aromatic ring is 2. The molecule has 0 aliphatic heterocycles. The van der Waals surface area contributed by atoms with Crippen LogP contribution in [-0.4, -0.2) is 18.0 Å². The van der Waals surface area contributed by atoms with Crippen LogP contribution in [0.1, 0.15) is 22.4 Å². The molecule has 1 aromatic heterocycles. The highest BCUT2D eigenvalue weighted by Gasteiger charge is 2.09. The predicted octanol–water partition coefficient (Wildman–Crippen LogP) is 0.489. The first kappa shape index (κ1) is 17.9. The molecule has 7 nitrogen and oxygen atoms in total. The van der Waals surface area contributed by atoms with Crippen LogP contribution >= 0.6 is 0 Å². The van der Waals surface area contributed by atoms with Crippen molar-refractivity contribution in [1.29, 1.82) is 0 Å². The molecule has 1 aromatic carbocycles. The van der Waals surface area contributed by atoms with Crippen molar-refractivity contribution in [2.24, 2.45) is 0 Å². The quantitative estimate of drug-likeness (QED) is 0.446. The summed E-state index contributed by atoms with van der Waals surface area (Å²) in [6.45, 7) is 6.98. The second-order valence-corrected chi connectivity index (χ2v) is 6.31. The molecule has 0 saturated heterocycles. The number of hydrogen-bond donors (Lipinski definition) is 2. The van der Waals surface area contributed by atoms with E-state index in [1.54, 1.807) is 38.2 Å². The van der Waals surface area contributed by atoms with E-state index < -0.39 is 10.1 Å². The largest absolute Gasteiger partial charge is 0.744 e. The molecule has 4 N–H and O–H groups in total. The minimum atomic E-state index is -4.33. The van der Waals surface area contributed by atoms with Crippen LogP contribution in [-0.2, 0) is 10.1 Å². The van der Waals surface area contributed by atoms with Gasteiger partial charge in [-0.15, -0.1) is 4.68 Å². The summed E-state index contributed by atoms with van der Waals surface area (Å²) >= 11 is 0. The van der Waals surface area contributed by atoms with Crippen molar-refractivity contribution in [2.45, 2.75) is 32.6 Å². The summed E-state index contributed by atoms with van der Waals surface area (Å²) in [6.07, 6.45) is 1.62. The zero-order chi connectivity index (χ0) is 17.1. The molecule has 0 atom stereocenters. The summed E-state index contributed by atoms with van der Waals surface area (Å²) in [5.74, 6) is 5.74. The minimum absolute atomic E-state index is 0.0851. The van der Waals surface area contributed by atoms with Crippen LogP contribution in [0.4, 0.5) is 5.95 Å². The van der Waals surface area contributed by atoms with Crippen molar-refractivity contribution in [2.75, 3.05) is 11.6 Å². The van der Waals surface area contributed by atoms with Crippen molar-refractivity contribution < 1.29 is 17.6 Å². The van der Waals surface area contributed by atoms with Gasteiger partial charge in [-0.05, 0) is 38.8 Å². The molecular weight excluding hydrogens is 304 g/mol. The first-order valence-electron chi connectivity index (χ1n) is 6.46. The SMILES string of the molecule is Cc1cc(C)c(S(=O)(=O)[O-])c(C)c1.Cc1ccnc(N)[n+]1N. The number of hydrogen-bond acceptors (Lipinski definition) is 6. The summed E-state index contributed by atoms with van der Waals surface area (Å²) in [7, 11) is -4.33. The van der Waals surface area contributed by atoms with Gasteiger partial charge < -0.3 is 4.55 Å². The normalized spacial score (nSPS) is 10.8. The van der Waals surface area contributed by atoms with E-state index in [0.29, 0.717) is 17.1 Å². The van der Waals surface area contributed by atoms with Gasteiger partial charge in [0.1, 0.15) is 22.0 Å². The van der Waals surface area contributed by atoms with Crippen molar-refractivity contribution in [3.05, 3.63) is 46.8 Å². The third kappa shape index (κ3) is 4.40. The Kier molecular flexibility index (Phi) is 5.45. The zero-order valence-electron chi connectivity index (χ0n) is 13.0. The molecule has 0 unspecified atom stereocenters. The highest BCUT2D eigenvalue weighted by atomic mass is 32.2. The van der Waals surface area contributed by atoms with Gasteiger partial charge in [-0.25, -0.2) is 8.42 Å². The summed E-state index contributed by atoms with van der Waals surface area (Å²) < 4.78 is 33.8. The highest BCUT2D eigenvalue weighted by Crippen LogP contribution is 2.20. The van der Waals surface area contributed by atoms with Crippen LogP contribution in [0.5, 0.6) is 0 Å². The van der Waals surface area contributed by atoms with Crippen LogP contribution in [0.25, 0.3) is 0 Å². The van der Waals surface area contributed by atoms with Gasteiger partial charge >= 0.3 is 5.95 Å². The lowest BCUT2D eigenvalue weighted by molar-refractivity contribution is -0.633. The average Bonchev–Trinajstić information content (AvgIpc) is 2.33. The molecule has 0 aliphatic rings. The van der Waals surface area contributed by atoms with Gasteiger partial charge in [-0.1, -0.05) is 22.7 Å². The number of aryl methyl sites for hydroxylation is 4. The third-order valence-corrected chi connectivity index (χ3v) is 4.15. The molecule has 0 bridgehead atoms. The van der Waals surface area contributed by atoms with Crippen molar-refractivity contribution in [3.8, 4) is 0 Å². The summed E-state index contributed by atoms with van der Waals surface area (Å²) in [5.41, 5.74) is 8.24. The van der Waals surface area contributed by atoms with Gasteiger partial charge in [0.2, 0.25) is 0 Å². The number of anilines is 1. The van der Waals surface area contributed by atoms with E-state index >= 15 is 0 Å². The molecule has 120 valence electrons. The van der Waals surface area contributed by atoms with Gasteiger partial charge in [-0.3, -0.25) is 11.6 Å². The Morgan fingerprint density at radius 2 is 1.64 bits per heavy atom. The lowest BCUT2D eigenvalue weighted by Gasteiger charge is -2.14. The smallest absolute Gasteiger partial charge is 0.411 e. The average molecular weight is 324 g/mol. The van der Waals surface area contributed by atoms with Gasteiger partial charge in [0.25, 0.3) is 0 Å². The van der Waals surface area contributed by atoms with Gasteiger partial charge in [-0.2, -0.15) is 0 Å². The Bertz CT molecular complexity index is 745.